The molecule has 2 rings (SSSR count). The minimum absolute atomic E-state index is 0.0163. The summed E-state index contributed by atoms with van der Waals surface area (Å²) < 4.78 is 30.9. The van der Waals surface area contributed by atoms with Crippen LogP contribution in [-0.4, -0.2) is 16.1 Å². The highest BCUT2D eigenvalue weighted by atomic mass is 35.5. The molecule has 0 amide bonds. The van der Waals surface area contributed by atoms with Crippen molar-refractivity contribution in [2.45, 2.75) is 0 Å². The summed E-state index contributed by atoms with van der Waals surface area (Å²) in [5.41, 5.74) is -0.242. The molecule has 0 aliphatic heterocycles. The molecule has 0 saturated carbocycles. The Morgan fingerprint density at radius 1 is 1.21 bits per heavy atom. The second kappa shape index (κ2) is 5.19. The van der Waals surface area contributed by atoms with Gasteiger partial charge < -0.3 is 9.84 Å². The lowest BCUT2D eigenvalue weighted by atomic mass is 10.2. The molecular weight excluding hydrogens is 280 g/mol. The van der Waals surface area contributed by atoms with E-state index >= 15 is 0 Å². The van der Waals surface area contributed by atoms with E-state index in [9.17, 15) is 13.6 Å². The van der Waals surface area contributed by atoms with Crippen LogP contribution in [0.3, 0.4) is 0 Å². The highest BCUT2D eigenvalue weighted by Crippen LogP contribution is 2.26. The number of pyridine rings is 1. The maximum absolute atomic E-state index is 13.0. The first-order valence-electron chi connectivity index (χ1n) is 5.00. The van der Waals surface area contributed by atoms with Gasteiger partial charge in [-0.15, -0.1) is 0 Å². The molecule has 1 N–H and O–H groups in total. The first-order valence-corrected chi connectivity index (χ1v) is 5.38. The Kier molecular flexibility index (Phi) is 3.62. The fourth-order valence-corrected chi connectivity index (χ4v) is 1.45. The molecule has 0 spiro atoms. The number of carboxylic acids is 1. The van der Waals surface area contributed by atoms with E-state index < -0.39 is 17.6 Å². The van der Waals surface area contributed by atoms with E-state index in [1.165, 1.54) is 12.1 Å². The fourth-order valence-electron chi connectivity index (χ4n) is 1.31. The second-order valence-corrected chi connectivity index (χ2v) is 3.86. The third kappa shape index (κ3) is 2.97. The molecule has 0 atom stereocenters. The highest BCUT2D eigenvalue weighted by Gasteiger charge is 2.15. The molecule has 1 heterocycles. The van der Waals surface area contributed by atoms with Gasteiger partial charge in [-0.05, 0) is 24.3 Å². The van der Waals surface area contributed by atoms with Crippen molar-refractivity contribution in [2.24, 2.45) is 0 Å². The molecule has 19 heavy (non-hydrogen) atoms. The summed E-state index contributed by atoms with van der Waals surface area (Å²) in [6, 6.07) is 5.27. The first-order chi connectivity index (χ1) is 8.97. The lowest BCUT2D eigenvalue weighted by Gasteiger charge is -2.08. The zero-order valence-corrected chi connectivity index (χ0v) is 9.99. The monoisotopic (exact) mass is 285 g/mol. The largest absolute Gasteiger partial charge is 0.477 e. The van der Waals surface area contributed by atoms with Crippen molar-refractivity contribution in [3.05, 3.63) is 52.7 Å². The number of rotatable bonds is 3. The number of hydrogen-bond acceptors (Lipinski definition) is 3. The summed E-state index contributed by atoms with van der Waals surface area (Å²) in [5.74, 6) is -3.81. The molecule has 0 unspecified atom stereocenters. The fraction of sp³-hybridized carbons (Fsp3) is 0. The van der Waals surface area contributed by atoms with Gasteiger partial charge in [0, 0.05) is 6.07 Å². The third-order valence-corrected chi connectivity index (χ3v) is 2.37. The van der Waals surface area contributed by atoms with Crippen LogP contribution in [0.1, 0.15) is 10.4 Å². The predicted molar refractivity (Wildman–Crippen MR) is 62.6 cm³/mol. The van der Waals surface area contributed by atoms with Crippen molar-refractivity contribution < 1.29 is 23.4 Å². The van der Waals surface area contributed by atoms with Gasteiger partial charge in [0.25, 0.3) is 0 Å². The number of aromatic carboxylic acids is 1. The molecule has 0 fully saturated rings. The van der Waals surface area contributed by atoms with Gasteiger partial charge in [0.1, 0.15) is 16.5 Å². The van der Waals surface area contributed by atoms with Crippen molar-refractivity contribution in [3.63, 3.8) is 0 Å². The van der Waals surface area contributed by atoms with E-state index in [0.29, 0.717) is 0 Å². The average molecular weight is 286 g/mol. The van der Waals surface area contributed by atoms with Crippen LogP contribution in [0.15, 0.2) is 30.3 Å². The van der Waals surface area contributed by atoms with Crippen LogP contribution in [0, 0.1) is 11.6 Å². The molecule has 7 heteroatoms. The predicted octanol–water partition coefficient (Wildman–Crippen LogP) is 3.50. The number of hydrogen-bond donors (Lipinski definition) is 1. The van der Waals surface area contributed by atoms with Gasteiger partial charge in [-0.2, -0.15) is 0 Å². The van der Waals surface area contributed by atoms with E-state index in [1.807, 2.05) is 0 Å². The van der Waals surface area contributed by atoms with Crippen LogP contribution in [0.5, 0.6) is 11.6 Å². The summed E-state index contributed by atoms with van der Waals surface area (Å²) >= 11 is 5.63. The van der Waals surface area contributed by atoms with Crippen LogP contribution < -0.4 is 4.74 Å². The molecule has 0 bridgehead atoms. The van der Waals surface area contributed by atoms with Gasteiger partial charge >= 0.3 is 5.97 Å². The minimum Gasteiger partial charge on any atom is -0.477 e. The third-order valence-electron chi connectivity index (χ3n) is 2.16. The van der Waals surface area contributed by atoms with Gasteiger partial charge in [-0.1, -0.05) is 11.6 Å². The molecular formula is C12H6ClF2NO3. The molecule has 0 radical (unpaired) electrons. The number of nitrogens with zero attached hydrogens (tertiary/aromatic N) is 1. The maximum Gasteiger partial charge on any atom is 0.341 e. The van der Waals surface area contributed by atoms with E-state index in [4.69, 9.17) is 21.4 Å². The maximum atomic E-state index is 13.0. The minimum atomic E-state index is -1.28. The van der Waals surface area contributed by atoms with Crippen LogP contribution in [-0.2, 0) is 0 Å². The molecule has 0 aliphatic carbocycles. The quantitative estimate of drug-likeness (QED) is 0.877. The second-order valence-electron chi connectivity index (χ2n) is 3.47. The topological polar surface area (TPSA) is 59.4 Å². The average Bonchev–Trinajstić information content (AvgIpc) is 2.33. The van der Waals surface area contributed by atoms with Gasteiger partial charge in [0.15, 0.2) is 11.6 Å². The molecule has 1 aromatic heterocycles. The van der Waals surface area contributed by atoms with Crippen LogP contribution in [0.4, 0.5) is 8.78 Å². The van der Waals surface area contributed by atoms with Crippen LogP contribution in [0.25, 0.3) is 0 Å². The molecule has 0 saturated heterocycles. The molecule has 1 aromatic carbocycles. The molecule has 2 aromatic rings. The number of halogens is 3. The number of carbonyl (C=O) groups is 1. The number of ether oxygens (including phenoxy) is 1. The summed E-state index contributed by atoms with van der Waals surface area (Å²) in [7, 11) is 0. The Labute approximate surface area is 111 Å². The van der Waals surface area contributed by atoms with E-state index in [1.54, 1.807) is 0 Å². The van der Waals surface area contributed by atoms with Crippen LogP contribution in [0.2, 0.25) is 5.15 Å². The Bertz CT molecular complexity index is 649. The Hall–Kier alpha value is -2.21. The molecule has 98 valence electrons. The summed E-state index contributed by atoms with van der Waals surface area (Å²) in [6.45, 7) is 0. The summed E-state index contributed by atoms with van der Waals surface area (Å²) in [4.78, 5) is 14.6. The Balaban J connectivity index is 2.39. The standard InChI is InChI=1S/C12H6ClF2NO3/c13-10-4-2-7(12(17)18)11(16-10)19-6-1-3-8(14)9(15)5-6/h1-5H,(H,17,18). The van der Waals surface area contributed by atoms with E-state index in [0.717, 1.165) is 18.2 Å². The number of aromatic nitrogens is 1. The zero-order chi connectivity index (χ0) is 14.0. The van der Waals surface area contributed by atoms with Crippen molar-refractivity contribution in [3.8, 4) is 11.6 Å². The van der Waals surface area contributed by atoms with Gasteiger partial charge in [-0.3, -0.25) is 0 Å². The smallest absolute Gasteiger partial charge is 0.341 e. The van der Waals surface area contributed by atoms with E-state index in [-0.39, 0.29) is 22.3 Å². The summed E-state index contributed by atoms with van der Waals surface area (Å²) in [5, 5.41) is 8.95. The van der Waals surface area contributed by atoms with Gasteiger partial charge in [0.2, 0.25) is 5.88 Å². The van der Waals surface area contributed by atoms with Crippen molar-refractivity contribution in [2.75, 3.05) is 0 Å². The van der Waals surface area contributed by atoms with Crippen LogP contribution >= 0.6 is 11.6 Å². The van der Waals surface area contributed by atoms with Crippen molar-refractivity contribution in [1.82, 2.24) is 4.98 Å². The van der Waals surface area contributed by atoms with Gasteiger partial charge in [0.05, 0.1) is 0 Å². The SMILES string of the molecule is O=C(O)c1ccc(Cl)nc1Oc1ccc(F)c(F)c1. The highest BCUT2D eigenvalue weighted by molar-refractivity contribution is 6.29. The van der Waals surface area contributed by atoms with Crippen molar-refractivity contribution in [1.29, 1.82) is 0 Å². The molecule has 4 nitrogen and oxygen atoms in total. The normalized spacial score (nSPS) is 10.3. The Morgan fingerprint density at radius 3 is 2.58 bits per heavy atom. The lowest BCUT2D eigenvalue weighted by Crippen LogP contribution is -2.02. The number of benzene rings is 1. The summed E-state index contributed by atoms with van der Waals surface area (Å²) in [6.07, 6.45) is 0. The van der Waals surface area contributed by atoms with E-state index in [2.05, 4.69) is 4.98 Å². The first kappa shape index (κ1) is 13.2. The zero-order valence-electron chi connectivity index (χ0n) is 9.23. The molecule has 0 aliphatic rings. The Morgan fingerprint density at radius 2 is 1.95 bits per heavy atom. The lowest BCUT2D eigenvalue weighted by molar-refractivity contribution is 0.0693. The number of carboxylic acid groups (broad SMARTS) is 1. The van der Waals surface area contributed by atoms with Crippen molar-refractivity contribution >= 4 is 17.6 Å². The van der Waals surface area contributed by atoms with Gasteiger partial charge in [-0.25, -0.2) is 18.6 Å².